The van der Waals surface area contributed by atoms with Crippen molar-refractivity contribution in [3.8, 4) is 0 Å². The van der Waals surface area contributed by atoms with Crippen molar-refractivity contribution in [1.29, 1.82) is 0 Å². The van der Waals surface area contributed by atoms with Gasteiger partial charge in [0, 0.05) is 16.7 Å². The Bertz CT molecular complexity index is 699. The van der Waals surface area contributed by atoms with E-state index in [4.69, 9.17) is 10.7 Å². The number of hydrogen-bond donors (Lipinski definition) is 1. The standard InChI is InChI=1S/C14H17ClFNO3S/c1-13(2)12(14(13,3)4)17-11(18)9-7-8(21(15,19)20)5-6-10(9)16/h5-7,12H,1-4H3,(H,17,18). The van der Waals surface area contributed by atoms with Crippen LogP contribution in [0, 0.1) is 16.6 Å². The van der Waals surface area contributed by atoms with E-state index in [1.807, 2.05) is 27.7 Å². The van der Waals surface area contributed by atoms with Gasteiger partial charge in [-0.25, -0.2) is 12.8 Å². The smallest absolute Gasteiger partial charge is 0.261 e. The van der Waals surface area contributed by atoms with Gasteiger partial charge >= 0.3 is 0 Å². The van der Waals surface area contributed by atoms with E-state index >= 15 is 0 Å². The van der Waals surface area contributed by atoms with Gasteiger partial charge in [-0.05, 0) is 29.0 Å². The van der Waals surface area contributed by atoms with E-state index in [0.29, 0.717) is 0 Å². The summed E-state index contributed by atoms with van der Waals surface area (Å²) in [4.78, 5) is 11.9. The second kappa shape index (κ2) is 4.68. The summed E-state index contributed by atoms with van der Waals surface area (Å²) in [6, 6.07) is 2.80. The molecule has 0 heterocycles. The van der Waals surface area contributed by atoms with Crippen molar-refractivity contribution >= 4 is 25.6 Å². The minimum Gasteiger partial charge on any atom is -0.348 e. The van der Waals surface area contributed by atoms with E-state index in [1.54, 1.807) is 0 Å². The van der Waals surface area contributed by atoms with Gasteiger partial charge in [-0.3, -0.25) is 4.79 Å². The third kappa shape index (κ3) is 2.66. The predicted molar refractivity (Wildman–Crippen MR) is 78.3 cm³/mol. The highest BCUT2D eigenvalue weighted by Gasteiger charge is 2.65. The number of benzene rings is 1. The van der Waals surface area contributed by atoms with Crippen LogP contribution >= 0.6 is 10.7 Å². The molecule has 1 aliphatic carbocycles. The van der Waals surface area contributed by atoms with Crippen molar-refractivity contribution in [2.24, 2.45) is 10.8 Å². The maximum atomic E-state index is 13.8. The fourth-order valence-corrected chi connectivity index (χ4v) is 3.37. The lowest BCUT2D eigenvalue weighted by atomic mass is 10.0. The molecule has 0 saturated heterocycles. The van der Waals surface area contributed by atoms with Crippen LogP contribution in [0.15, 0.2) is 23.1 Å². The van der Waals surface area contributed by atoms with Crippen LogP contribution in [0.5, 0.6) is 0 Å². The average Bonchev–Trinajstić information content (AvgIpc) is 2.70. The van der Waals surface area contributed by atoms with E-state index in [1.165, 1.54) is 0 Å². The van der Waals surface area contributed by atoms with Crippen molar-refractivity contribution in [3.05, 3.63) is 29.6 Å². The Balaban J connectivity index is 2.29. The quantitative estimate of drug-likeness (QED) is 0.865. The molecule has 1 aliphatic rings. The number of rotatable bonds is 3. The lowest BCUT2D eigenvalue weighted by Crippen LogP contribution is -2.30. The zero-order valence-corrected chi connectivity index (χ0v) is 13.8. The maximum absolute atomic E-state index is 13.8. The molecule has 4 nitrogen and oxygen atoms in total. The molecule has 7 heteroatoms. The molecular weight excluding hydrogens is 317 g/mol. The van der Waals surface area contributed by atoms with Crippen LogP contribution in [0.2, 0.25) is 0 Å². The van der Waals surface area contributed by atoms with Gasteiger partial charge in [-0.2, -0.15) is 0 Å². The Morgan fingerprint density at radius 3 is 2.19 bits per heavy atom. The first-order chi connectivity index (χ1) is 9.39. The highest BCUT2D eigenvalue weighted by atomic mass is 35.7. The lowest BCUT2D eigenvalue weighted by Gasteiger charge is -2.08. The molecule has 116 valence electrons. The van der Waals surface area contributed by atoms with Crippen molar-refractivity contribution in [2.45, 2.75) is 38.6 Å². The van der Waals surface area contributed by atoms with E-state index in [0.717, 1.165) is 18.2 Å². The molecule has 21 heavy (non-hydrogen) atoms. The molecule has 1 fully saturated rings. The van der Waals surface area contributed by atoms with Crippen LogP contribution in [0.25, 0.3) is 0 Å². The predicted octanol–water partition coefficient (Wildman–Crippen LogP) is 2.92. The van der Waals surface area contributed by atoms with Crippen LogP contribution in [-0.4, -0.2) is 20.4 Å². The molecule has 1 amide bonds. The number of halogens is 2. The normalized spacial score (nSPS) is 20.1. The van der Waals surface area contributed by atoms with E-state index < -0.39 is 20.8 Å². The summed E-state index contributed by atoms with van der Waals surface area (Å²) < 4.78 is 36.3. The van der Waals surface area contributed by atoms with Crippen LogP contribution < -0.4 is 5.32 Å². The van der Waals surface area contributed by atoms with Gasteiger partial charge in [0.25, 0.3) is 15.0 Å². The maximum Gasteiger partial charge on any atom is 0.261 e. The highest BCUT2D eigenvalue weighted by molar-refractivity contribution is 8.13. The Morgan fingerprint density at radius 1 is 1.24 bits per heavy atom. The summed E-state index contributed by atoms with van der Waals surface area (Å²) in [6.45, 7) is 8.03. The van der Waals surface area contributed by atoms with Gasteiger partial charge in [-0.15, -0.1) is 0 Å². The molecule has 2 rings (SSSR count). The first-order valence-corrected chi connectivity index (χ1v) is 8.75. The van der Waals surface area contributed by atoms with Gasteiger partial charge in [0.05, 0.1) is 10.5 Å². The molecule has 0 spiro atoms. The van der Waals surface area contributed by atoms with E-state index in [9.17, 15) is 17.6 Å². The summed E-state index contributed by atoms with van der Waals surface area (Å²) in [5, 5.41) is 2.75. The summed E-state index contributed by atoms with van der Waals surface area (Å²) in [7, 11) is 1.21. The van der Waals surface area contributed by atoms with Crippen molar-refractivity contribution in [3.63, 3.8) is 0 Å². The van der Waals surface area contributed by atoms with Crippen molar-refractivity contribution < 1.29 is 17.6 Å². The highest BCUT2D eigenvalue weighted by Crippen LogP contribution is 2.62. The van der Waals surface area contributed by atoms with E-state index in [2.05, 4.69) is 5.32 Å². The second-order valence-electron chi connectivity index (χ2n) is 6.43. The molecule has 0 unspecified atom stereocenters. The van der Waals surface area contributed by atoms with Gasteiger partial charge < -0.3 is 5.32 Å². The summed E-state index contributed by atoms with van der Waals surface area (Å²) >= 11 is 0. The molecule has 1 saturated carbocycles. The zero-order chi connectivity index (χ0) is 16.2. The summed E-state index contributed by atoms with van der Waals surface area (Å²) in [6.07, 6.45) is 0. The summed E-state index contributed by atoms with van der Waals surface area (Å²) in [5.41, 5.74) is -0.528. The van der Waals surface area contributed by atoms with E-state index in [-0.39, 0.29) is 27.3 Å². The van der Waals surface area contributed by atoms with Gasteiger partial charge in [-0.1, -0.05) is 27.7 Å². The molecule has 1 N–H and O–H groups in total. The molecule has 1 aromatic rings. The van der Waals surface area contributed by atoms with Crippen LogP contribution in [0.4, 0.5) is 4.39 Å². The van der Waals surface area contributed by atoms with Crippen LogP contribution in [-0.2, 0) is 9.05 Å². The Kier molecular flexibility index (Phi) is 3.62. The average molecular weight is 334 g/mol. The topological polar surface area (TPSA) is 63.2 Å². The van der Waals surface area contributed by atoms with Gasteiger partial charge in [0.1, 0.15) is 5.82 Å². The third-order valence-electron chi connectivity index (χ3n) is 4.76. The fourth-order valence-electron chi connectivity index (χ4n) is 2.60. The van der Waals surface area contributed by atoms with Gasteiger partial charge in [0.15, 0.2) is 0 Å². The first-order valence-electron chi connectivity index (χ1n) is 6.44. The molecular formula is C14H17ClFNO3S. The monoisotopic (exact) mass is 333 g/mol. The first kappa shape index (κ1) is 16.2. The van der Waals surface area contributed by atoms with Crippen molar-refractivity contribution in [2.75, 3.05) is 0 Å². The Hall–Kier alpha value is -1.14. The summed E-state index contributed by atoms with van der Waals surface area (Å²) in [5.74, 6) is -1.42. The van der Waals surface area contributed by atoms with Gasteiger partial charge in [0.2, 0.25) is 0 Å². The molecule has 0 atom stereocenters. The minimum absolute atomic E-state index is 0.102. The molecule has 0 aliphatic heterocycles. The van der Waals surface area contributed by atoms with Crippen LogP contribution in [0.3, 0.4) is 0 Å². The van der Waals surface area contributed by atoms with Crippen LogP contribution in [0.1, 0.15) is 38.1 Å². The lowest BCUT2D eigenvalue weighted by molar-refractivity contribution is 0.0939. The number of nitrogens with one attached hydrogen (secondary N) is 1. The number of carbonyl (C=O) groups excluding carboxylic acids is 1. The molecule has 0 aromatic heterocycles. The number of carbonyl (C=O) groups is 1. The molecule has 0 bridgehead atoms. The fraction of sp³-hybridized carbons (Fsp3) is 0.500. The number of amides is 1. The second-order valence-corrected chi connectivity index (χ2v) is 9.00. The SMILES string of the molecule is CC1(C)C(NC(=O)c2cc(S(=O)(=O)Cl)ccc2F)C1(C)C. The van der Waals surface area contributed by atoms with Crippen molar-refractivity contribution in [1.82, 2.24) is 5.32 Å². The number of hydrogen-bond acceptors (Lipinski definition) is 3. The zero-order valence-electron chi connectivity index (χ0n) is 12.2. The molecule has 0 radical (unpaired) electrons. The Labute approximate surface area is 128 Å². The molecule has 1 aromatic carbocycles. The minimum atomic E-state index is -4.01. The largest absolute Gasteiger partial charge is 0.348 e. The Morgan fingerprint density at radius 2 is 1.76 bits per heavy atom. The third-order valence-corrected chi connectivity index (χ3v) is 6.11.